The first-order valence-electron chi connectivity index (χ1n) is 11.2. The van der Waals surface area contributed by atoms with Crippen molar-refractivity contribution < 1.29 is 19.0 Å². The Balaban J connectivity index is 1.59. The zero-order valence-electron chi connectivity index (χ0n) is 19.1. The summed E-state index contributed by atoms with van der Waals surface area (Å²) in [6.45, 7) is 4.60. The predicted molar refractivity (Wildman–Crippen MR) is 127 cm³/mol. The topological polar surface area (TPSA) is 82.8 Å². The molecule has 2 heterocycles. The maximum Gasteiger partial charge on any atom is 0.241 e. The van der Waals surface area contributed by atoms with E-state index >= 15 is 0 Å². The Labute approximate surface area is 193 Å². The summed E-state index contributed by atoms with van der Waals surface area (Å²) < 4.78 is 18.3. The Hall–Kier alpha value is -3.35. The van der Waals surface area contributed by atoms with E-state index < -0.39 is 11.6 Å². The molecular formula is C27H28N2O4. The van der Waals surface area contributed by atoms with Crippen molar-refractivity contribution in [3.8, 4) is 17.2 Å². The van der Waals surface area contributed by atoms with E-state index in [9.17, 15) is 4.79 Å². The van der Waals surface area contributed by atoms with Crippen molar-refractivity contribution in [1.82, 2.24) is 0 Å². The van der Waals surface area contributed by atoms with Gasteiger partial charge < -0.3 is 25.3 Å². The molecule has 0 fully saturated rings. The summed E-state index contributed by atoms with van der Waals surface area (Å²) in [5.41, 5.74) is 9.97. The van der Waals surface area contributed by atoms with Crippen molar-refractivity contribution in [2.45, 2.75) is 38.5 Å². The van der Waals surface area contributed by atoms with Gasteiger partial charge in [-0.05, 0) is 47.7 Å². The Kier molecular flexibility index (Phi) is 5.35. The predicted octanol–water partition coefficient (Wildman–Crippen LogP) is 4.93. The Bertz CT molecular complexity index is 1220. The van der Waals surface area contributed by atoms with Crippen LogP contribution in [0.3, 0.4) is 0 Å². The summed E-state index contributed by atoms with van der Waals surface area (Å²) in [6, 6.07) is 19.1. The lowest BCUT2D eigenvalue weighted by molar-refractivity contribution is -0.117. The fourth-order valence-corrected chi connectivity index (χ4v) is 4.79. The lowest BCUT2D eigenvalue weighted by atomic mass is 9.77. The lowest BCUT2D eigenvalue weighted by Gasteiger charge is -2.37. The quantitative estimate of drug-likeness (QED) is 0.583. The molecule has 0 saturated carbocycles. The van der Waals surface area contributed by atoms with Crippen LogP contribution in [0.25, 0.3) is 0 Å². The van der Waals surface area contributed by atoms with Crippen LogP contribution in [0.1, 0.15) is 42.5 Å². The molecule has 6 nitrogen and oxygen atoms in total. The van der Waals surface area contributed by atoms with Crippen molar-refractivity contribution in [3.63, 3.8) is 0 Å². The molecule has 1 unspecified atom stereocenters. The smallest absolute Gasteiger partial charge is 0.241 e. The van der Waals surface area contributed by atoms with E-state index in [-0.39, 0.29) is 5.91 Å². The number of ether oxygens (including phenoxy) is 3. The van der Waals surface area contributed by atoms with Crippen LogP contribution in [0.5, 0.6) is 17.2 Å². The second-order valence-corrected chi connectivity index (χ2v) is 9.03. The molecule has 2 aliphatic heterocycles. The summed E-state index contributed by atoms with van der Waals surface area (Å²) in [5, 5.41) is 2.93. The maximum absolute atomic E-state index is 12.6. The summed E-state index contributed by atoms with van der Waals surface area (Å²) in [6.07, 6.45) is 0.619. The highest BCUT2D eigenvalue weighted by molar-refractivity contribution is 5.95. The normalized spacial score (nSPS) is 18.8. The molecule has 0 saturated heterocycles. The monoisotopic (exact) mass is 444 g/mol. The molecule has 0 radical (unpaired) electrons. The number of amides is 1. The number of hydrogen-bond donors (Lipinski definition) is 2. The van der Waals surface area contributed by atoms with E-state index in [1.807, 2.05) is 62.4 Å². The third-order valence-corrected chi connectivity index (χ3v) is 6.32. The highest BCUT2D eigenvalue weighted by Crippen LogP contribution is 2.56. The minimum atomic E-state index is -0.789. The molecule has 5 rings (SSSR count). The second kappa shape index (κ2) is 8.21. The molecule has 33 heavy (non-hydrogen) atoms. The summed E-state index contributed by atoms with van der Waals surface area (Å²) in [4.78, 5) is 12.6. The van der Waals surface area contributed by atoms with E-state index in [0.717, 1.165) is 22.3 Å². The van der Waals surface area contributed by atoms with Crippen molar-refractivity contribution in [2.24, 2.45) is 11.7 Å². The van der Waals surface area contributed by atoms with Crippen molar-refractivity contribution >= 4 is 11.6 Å². The van der Waals surface area contributed by atoms with E-state index in [1.165, 1.54) is 0 Å². The first kappa shape index (κ1) is 21.5. The number of hydrogen-bond acceptors (Lipinski definition) is 5. The minimum absolute atomic E-state index is 0.210. The van der Waals surface area contributed by atoms with E-state index in [2.05, 4.69) is 17.4 Å². The number of fused-ring (bicyclic) bond motifs is 6. The molecule has 170 valence electrons. The standard InChI is InChI=1S/C27H28N2O4/c1-16(2)12-23(28)26(30)29-18-8-10-21-24(13-18)33-25-14-19(31-3)9-11-22(25)27(21)20-7-5-4-6-17(20)15-32-27/h4-11,13-14,16,23H,12,15,28H2,1-3H3,(H,29,30)/t23-,27?/m0/s1. The Morgan fingerprint density at radius 3 is 2.55 bits per heavy atom. The van der Waals surface area contributed by atoms with Gasteiger partial charge in [-0.1, -0.05) is 38.1 Å². The molecule has 1 spiro atoms. The number of methoxy groups -OCH3 is 1. The maximum atomic E-state index is 12.6. The molecule has 0 bridgehead atoms. The molecule has 3 aromatic carbocycles. The van der Waals surface area contributed by atoms with Gasteiger partial charge in [-0.15, -0.1) is 0 Å². The number of nitrogens with one attached hydrogen (secondary N) is 1. The number of carbonyl (C=O) groups excluding carboxylic acids is 1. The van der Waals surface area contributed by atoms with Crippen LogP contribution in [-0.2, 0) is 21.7 Å². The lowest BCUT2D eigenvalue weighted by Crippen LogP contribution is -2.36. The fourth-order valence-electron chi connectivity index (χ4n) is 4.79. The minimum Gasteiger partial charge on any atom is -0.497 e. The van der Waals surface area contributed by atoms with Gasteiger partial charge in [0, 0.05) is 28.9 Å². The highest BCUT2D eigenvalue weighted by atomic mass is 16.5. The zero-order chi connectivity index (χ0) is 23.2. The van der Waals surface area contributed by atoms with E-state index in [4.69, 9.17) is 19.9 Å². The van der Waals surface area contributed by atoms with Crippen LogP contribution in [0.4, 0.5) is 5.69 Å². The fraction of sp³-hybridized carbons (Fsp3) is 0.296. The Morgan fingerprint density at radius 1 is 1.06 bits per heavy atom. The van der Waals surface area contributed by atoms with Crippen LogP contribution in [-0.4, -0.2) is 19.1 Å². The van der Waals surface area contributed by atoms with Gasteiger partial charge in [-0.2, -0.15) is 0 Å². The number of anilines is 1. The zero-order valence-corrected chi connectivity index (χ0v) is 19.1. The number of rotatable bonds is 5. The molecule has 6 heteroatoms. The van der Waals surface area contributed by atoms with Gasteiger partial charge >= 0.3 is 0 Å². The molecule has 0 aromatic heterocycles. The van der Waals surface area contributed by atoms with Crippen LogP contribution >= 0.6 is 0 Å². The number of nitrogens with two attached hydrogens (primary N) is 1. The highest BCUT2D eigenvalue weighted by Gasteiger charge is 2.49. The van der Waals surface area contributed by atoms with Gasteiger partial charge in [-0.3, -0.25) is 4.79 Å². The summed E-state index contributed by atoms with van der Waals surface area (Å²) in [5.74, 6) is 2.12. The number of carbonyl (C=O) groups is 1. The van der Waals surface area contributed by atoms with Crippen LogP contribution < -0.4 is 20.5 Å². The van der Waals surface area contributed by atoms with Crippen LogP contribution in [0.15, 0.2) is 60.7 Å². The largest absolute Gasteiger partial charge is 0.497 e. The second-order valence-electron chi connectivity index (χ2n) is 9.03. The van der Waals surface area contributed by atoms with Crippen molar-refractivity contribution in [3.05, 3.63) is 82.9 Å². The van der Waals surface area contributed by atoms with Crippen molar-refractivity contribution in [2.75, 3.05) is 12.4 Å². The van der Waals surface area contributed by atoms with Crippen molar-refractivity contribution in [1.29, 1.82) is 0 Å². The first-order valence-corrected chi connectivity index (χ1v) is 11.2. The van der Waals surface area contributed by atoms with Crippen LogP contribution in [0, 0.1) is 5.92 Å². The van der Waals surface area contributed by atoms with Gasteiger partial charge in [0.1, 0.15) is 17.2 Å². The first-order chi connectivity index (χ1) is 15.9. The number of benzene rings is 3. The molecule has 0 aliphatic carbocycles. The molecule has 2 atom stereocenters. The summed E-state index contributed by atoms with van der Waals surface area (Å²) in [7, 11) is 1.63. The average Bonchev–Trinajstić information content (AvgIpc) is 3.18. The van der Waals surface area contributed by atoms with Gasteiger partial charge in [-0.25, -0.2) is 0 Å². The molecular weight excluding hydrogens is 416 g/mol. The van der Waals surface area contributed by atoms with Crippen LogP contribution in [0.2, 0.25) is 0 Å². The van der Waals surface area contributed by atoms with E-state index in [0.29, 0.717) is 41.9 Å². The van der Waals surface area contributed by atoms with Gasteiger partial charge in [0.15, 0.2) is 5.60 Å². The summed E-state index contributed by atoms with van der Waals surface area (Å²) >= 11 is 0. The van der Waals surface area contributed by atoms with Gasteiger partial charge in [0.25, 0.3) is 0 Å². The molecule has 1 amide bonds. The molecule has 2 aliphatic rings. The SMILES string of the molecule is COc1ccc2c(c1)Oc1cc(NC(=O)[C@@H](N)CC(C)C)ccc1C21OCc2ccccc21. The molecule has 3 aromatic rings. The third-order valence-electron chi connectivity index (χ3n) is 6.32. The Morgan fingerprint density at radius 2 is 1.79 bits per heavy atom. The van der Waals surface area contributed by atoms with Gasteiger partial charge in [0.2, 0.25) is 5.91 Å². The van der Waals surface area contributed by atoms with Gasteiger partial charge in [0.05, 0.1) is 19.8 Å². The molecule has 3 N–H and O–H groups in total. The third kappa shape index (κ3) is 3.56. The average molecular weight is 445 g/mol. The van der Waals surface area contributed by atoms with E-state index in [1.54, 1.807) is 7.11 Å².